The van der Waals surface area contributed by atoms with Gasteiger partial charge in [0.1, 0.15) is 0 Å². The van der Waals surface area contributed by atoms with Crippen LogP contribution in [0, 0.1) is 0 Å². The zero-order chi connectivity index (χ0) is 19.4. The lowest BCUT2D eigenvalue weighted by Crippen LogP contribution is -2.44. The smallest absolute Gasteiger partial charge is 0.332 e. The number of morpholine rings is 1. The molecule has 0 atom stereocenters. The molecule has 0 aliphatic carbocycles. The molecule has 0 saturated carbocycles. The van der Waals surface area contributed by atoms with Crippen molar-refractivity contribution in [2.75, 3.05) is 31.3 Å². The normalized spacial score (nSPS) is 15.0. The molecule has 28 heavy (non-hydrogen) atoms. The number of aryl methyl sites for hydroxylation is 1. The highest BCUT2D eigenvalue weighted by molar-refractivity contribution is 5.78. The predicted molar refractivity (Wildman–Crippen MR) is 105 cm³/mol. The van der Waals surface area contributed by atoms with Crippen LogP contribution in [0.1, 0.15) is 0 Å². The third-order valence-corrected chi connectivity index (χ3v) is 5.28. The second kappa shape index (κ2) is 6.10. The van der Waals surface area contributed by atoms with Crippen molar-refractivity contribution in [1.29, 1.82) is 0 Å². The fourth-order valence-corrected chi connectivity index (χ4v) is 3.80. The first-order valence-corrected chi connectivity index (χ1v) is 9.16. The van der Waals surface area contributed by atoms with E-state index >= 15 is 0 Å². The summed E-state index contributed by atoms with van der Waals surface area (Å²) < 4.78 is 11.8. The van der Waals surface area contributed by atoms with Crippen LogP contribution < -0.4 is 16.3 Å². The van der Waals surface area contributed by atoms with Crippen LogP contribution in [0.3, 0.4) is 0 Å². The van der Waals surface area contributed by atoms with Gasteiger partial charge in [0.15, 0.2) is 11.2 Å². The Labute approximate surface area is 159 Å². The Morgan fingerprint density at radius 1 is 1.00 bits per heavy atom. The van der Waals surface area contributed by atoms with E-state index in [-0.39, 0.29) is 11.2 Å². The fraction of sp³-hybridized carbons (Fsp3) is 0.316. The van der Waals surface area contributed by atoms with Crippen molar-refractivity contribution in [2.45, 2.75) is 0 Å². The van der Waals surface area contributed by atoms with Gasteiger partial charge in [-0.2, -0.15) is 4.98 Å². The van der Waals surface area contributed by atoms with Gasteiger partial charge in [0, 0.05) is 25.9 Å². The molecule has 9 heteroatoms. The summed E-state index contributed by atoms with van der Waals surface area (Å²) in [6.07, 6.45) is 1.92. The molecule has 1 aromatic carbocycles. The van der Waals surface area contributed by atoms with Crippen LogP contribution in [-0.4, -0.2) is 49.5 Å². The Bertz CT molecular complexity index is 1310. The molecule has 1 fully saturated rings. The van der Waals surface area contributed by atoms with Crippen molar-refractivity contribution >= 4 is 16.9 Å². The summed E-state index contributed by atoms with van der Waals surface area (Å²) in [5, 5.41) is 2.16. The van der Waals surface area contributed by atoms with Gasteiger partial charge in [0.25, 0.3) is 5.56 Å². The average molecular weight is 380 g/mol. The third kappa shape index (κ3) is 2.26. The highest BCUT2D eigenvalue weighted by Gasteiger charge is 2.24. The number of aromatic nitrogens is 5. The minimum atomic E-state index is -0.389. The van der Waals surface area contributed by atoms with Crippen molar-refractivity contribution in [1.82, 2.24) is 23.2 Å². The van der Waals surface area contributed by atoms with Crippen LogP contribution in [0.4, 0.5) is 0 Å². The molecule has 0 radical (unpaired) electrons. The van der Waals surface area contributed by atoms with Crippen LogP contribution in [-0.2, 0) is 18.8 Å². The van der Waals surface area contributed by atoms with Gasteiger partial charge in [-0.05, 0) is 0 Å². The Morgan fingerprint density at radius 3 is 2.43 bits per heavy atom. The Morgan fingerprint density at radius 2 is 1.71 bits per heavy atom. The molecule has 144 valence electrons. The lowest BCUT2D eigenvalue weighted by Gasteiger charge is -2.31. The van der Waals surface area contributed by atoms with Gasteiger partial charge >= 0.3 is 5.69 Å². The predicted octanol–water partition coefficient (Wildman–Crippen LogP) is 0.322. The number of hydrogen-bond acceptors (Lipinski definition) is 5. The monoisotopic (exact) mass is 380 g/mol. The van der Waals surface area contributed by atoms with E-state index in [9.17, 15) is 9.59 Å². The standard InChI is InChI=1S/C19H20N6O3/c1-21-16-15(17(26)22(2)19(21)27)24-12-14(13-6-4-3-5-7-13)25(18(24)20-16)23-8-10-28-11-9-23/h3-7,12H,8-11H2,1-2H3. The molecule has 1 saturated heterocycles. The number of hydrogen-bond donors (Lipinski definition) is 0. The minimum absolute atomic E-state index is 0.357. The molecule has 4 heterocycles. The Balaban J connectivity index is 1.90. The van der Waals surface area contributed by atoms with Crippen molar-refractivity contribution < 1.29 is 4.74 Å². The second-order valence-corrected chi connectivity index (χ2v) is 6.92. The van der Waals surface area contributed by atoms with Gasteiger partial charge in [-0.3, -0.25) is 18.3 Å². The van der Waals surface area contributed by atoms with Crippen molar-refractivity contribution in [3.05, 3.63) is 57.4 Å². The Hall–Kier alpha value is -3.33. The first kappa shape index (κ1) is 16.8. The molecule has 4 aromatic rings. The van der Waals surface area contributed by atoms with Crippen molar-refractivity contribution in [3.8, 4) is 11.3 Å². The maximum atomic E-state index is 12.9. The fourth-order valence-electron chi connectivity index (χ4n) is 3.80. The number of benzene rings is 1. The van der Waals surface area contributed by atoms with E-state index in [1.54, 1.807) is 11.4 Å². The Kier molecular flexibility index (Phi) is 3.66. The molecule has 1 aliphatic rings. The molecule has 0 amide bonds. The highest BCUT2D eigenvalue weighted by Crippen LogP contribution is 2.25. The lowest BCUT2D eigenvalue weighted by atomic mass is 10.2. The van der Waals surface area contributed by atoms with E-state index in [2.05, 4.69) is 5.01 Å². The van der Waals surface area contributed by atoms with Gasteiger partial charge in [-0.15, -0.1) is 0 Å². The molecule has 1 aliphatic heterocycles. The van der Waals surface area contributed by atoms with Crippen molar-refractivity contribution in [3.63, 3.8) is 0 Å². The second-order valence-electron chi connectivity index (χ2n) is 6.92. The highest BCUT2D eigenvalue weighted by atomic mass is 16.5. The minimum Gasteiger partial charge on any atom is -0.378 e. The van der Waals surface area contributed by atoms with Gasteiger partial charge in [-0.1, -0.05) is 30.3 Å². The van der Waals surface area contributed by atoms with Crippen LogP contribution >= 0.6 is 0 Å². The zero-order valence-corrected chi connectivity index (χ0v) is 15.7. The number of rotatable bonds is 2. The van der Waals surface area contributed by atoms with Gasteiger partial charge < -0.3 is 9.75 Å². The zero-order valence-electron chi connectivity index (χ0n) is 15.7. The van der Waals surface area contributed by atoms with Crippen molar-refractivity contribution in [2.24, 2.45) is 14.1 Å². The lowest BCUT2D eigenvalue weighted by molar-refractivity contribution is 0.112. The molecular formula is C19H20N6O3. The maximum absolute atomic E-state index is 12.9. The number of imidazole rings is 2. The summed E-state index contributed by atoms with van der Waals surface area (Å²) in [4.78, 5) is 29.9. The molecule has 0 unspecified atom stereocenters. The molecule has 0 N–H and O–H groups in total. The summed E-state index contributed by atoms with van der Waals surface area (Å²) in [6, 6.07) is 9.99. The van der Waals surface area contributed by atoms with Crippen LogP contribution in [0.2, 0.25) is 0 Å². The third-order valence-electron chi connectivity index (χ3n) is 5.28. The van der Waals surface area contributed by atoms with E-state index in [1.165, 1.54) is 11.6 Å². The number of nitrogens with zero attached hydrogens (tertiary/aromatic N) is 6. The van der Waals surface area contributed by atoms with E-state index in [0.717, 1.165) is 15.8 Å². The van der Waals surface area contributed by atoms with E-state index in [4.69, 9.17) is 9.72 Å². The van der Waals surface area contributed by atoms with Gasteiger partial charge in [0.05, 0.1) is 32.0 Å². The summed E-state index contributed by atoms with van der Waals surface area (Å²) in [6.45, 7) is 2.67. The molecule has 3 aromatic heterocycles. The molecule has 0 bridgehead atoms. The van der Waals surface area contributed by atoms with Crippen LogP contribution in [0.25, 0.3) is 28.2 Å². The van der Waals surface area contributed by atoms with Gasteiger partial charge in [-0.25, -0.2) is 9.47 Å². The maximum Gasteiger partial charge on any atom is 0.332 e. The summed E-state index contributed by atoms with van der Waals surface area (Å²) in [5.41, 5.74) is 1.98. The molecule has 5 rings (SSSR count). The average Bonchev–Trinajstić information content (AvgIpc) is 3.28. The molecule has 9 nitrogen and oxygen atoms in total. The molecule has 0 spiro atoms. The van der Waals surface area contributed by atoms with E-state index in [1.807, 2.05) is 41.2 Å². The SMILES string of the molecule is Cn1c(=O)c2c(nc3n(N4CCOCC4)c(-c4ccccc4)cn23)n(C)c1=O. The first-order valence-electron chi connectivity index (χ1n) is 9.16. The number of fused-ring (bicyclic) bond motifs is 3. The van der Waals surface area contributed by atoms with E-state index in [0.29, 0.717) is 43.2 Å². The van der Waals surface area contributed by atoms with Gasteiger partial charge in [0.2, 0.25) is 5.78 Å². The van der Waals surface area contributed by atoms with Crippen LogP contribution in [0.5, 0.6) is 0 Å². The topological polar surface area (TPSA) is 78.7 Å². The quantitative estimate of drug-likeness (QED) is 0.501. The summed E-state index contributed by atoms with van der Waals surface area (Å²) >= 11 is 0. The summed E-state index contributed by atoms with van der Waals surface area (Å²) in [7, 11) is 3.12. The summed E-state index contributed by atoms with van der Waals surface area (Å²) in [5.74, 6) is 0.606. The first-order chi connectivity index (χ1) is 13.6. The molecular weight excluding hydrogens is 360 g/mol. The largest absolute Gasteiger partial charge is 0.378 e. The van der Waals surface area contributed by atoms with Crippen LogP contribution in [0.15, 0.2) is 46.1 Å². The van der Waals surface area contributed by atoms with E-state index < -0.39 is 0 Å². The number of ether oxygens (including phenoxy) is 1.